The quantitative estimate of drug-likeness (QED) is 0.834. The fraction of sp³-hybridized carbons (Fsp3) is 0.167. The number of hydrogen-bond donors (Lipinski definition) is 2. The summed E-state index contributed by atoms with van der Waals surface area (Å²) in [7, 11) is 0. The molecule has 1 aromatic carbocycles. The summed E-state index contributed by atoms with van der Waals surface area (Å²) in [5.41, 5.74) is 3.99. The minimum atomic E-state index is -0.373. The molecule has 0 radical (unpaired) electrons. The Kier molecular flexibility index (Phi) is 3.96. The van der Waals surface area contributed by atoms with Crippen LogP contribution < -0.4 is 5.48 Å². The molecule has 0 aliphatic heterocycles. The minimum Gasteiger partial charge on any atom is -0.274 e. The van der Waals surface area contributed by atoms with Gasteiger partial charge in [-0.25, -0.2) is 5.48 Å². The molecule has 1 heterocycles. The Labute approximate surface area is 109 Å². The predicted octanol–water partition coefficient (Wildman–Crippen LogP) is 2.41. The summed E-state index contributed by atoms with van der Waals surface area (Å²) in [6, 6.07) is 8.92. The van der Waals surface area contributed by atoms with E-state index in [1.807, 2.05) is 18.2 Å². The molecular weight excluding hydrogens is 254 g/mol. The van der Waals surface area contributed by atoms with Crippen LogP contribution in [0.4, 0.5) is 0 Å². The average molecular weight is 266 g/mol. The van der Waals surface area contributed by atoms with Crippen LogP contribution in [0.15, 0.2) is 30.3 Å². The van der Waals surface area contributed by atoms with Gasteiger partial charge in [-0.3, -0.25) is 14.7 Å². The van der Waals surface area contributed by atoms with Crippen LogP contribution >= 0.6 is 11.6 Å². The van der Waals surface area contributed by atoms with E-state index in [9.17, 15) is 4.79 Å². The maximum atomic E-state index is 11.6. The zero-order valence-electron chi connectivity index (χ0n) is 9.74. The van der Waals surface area contributed by atoms with Crippen molar-refractivity contribution >= 4 is 17.5 Å². The molecule has 0 aliphatic carbocycles. The van der Waals surface area contributed by atoms with Crippen molar-refractivity contribution in [3.63, 3.8) is 0 Å². The minimum absolute atomic E-state index is 0.318. The molecule has 1 amide bonds. The molecule has 0 saturated heterocycles. The smallest absolute Gasteiger partial charge is 0.274 e. The van der Waals surface area contributed by atoms with Gasteiger partial charge in [0.25, 0.3) is 5.91 Å². The zero-order chi connectivity index (χ0) is 13.0. The Hall–Kier alpha value is -1.85. The Morgan fingerprint density at radius 2 is 2.28 bits per heavy atom. The van der Waals surface area contributed by atoms with Crippen molar-refractivity contribution in [2.45, 2.75) is 6.92 Å². The van der Waals surface area contributed by atoms with Crippen molar-refractivity contribution in [1.82, 2.24) is 15.7 Å². The molecule has 0 unspecified atom stereocenters. The van der Waals surface area contributed by atoms with Crippen molar-refractivity contribution in [3.8, 4) is 11.3 Å². The van der Waals surface area contributed by atoms with Gasteiger partial charge in [0.05, 0.1) is 17.3 Å². The highest BCUT2D eigenvalue weighted by Crippen LogP contribution is 2.26. The van der Waals surface area contributed by atoms with E-state index < -0.39 is 0 Å². The number of nitrogens with one attached hydrogen (secondary N) is 2. The number of hydrogen-bond acceptors (Lipinski definition) is 3. The Morgan fingerprint density at radius 1 is 1.50 bits per heavy atom. The summed E-state index contributed by atoms with van der Waals surface area (Å²) in [5, 5.41) is 7.27. The molecule has 2 N–H and O–H groups in total. The van der Waals surface area contributed by atoms with Gasteiger partial charge in [0.2, 0.25) is 0 Å². The van der Waals surface area contributed by atoms with Crippen molar-refractivity contribution < 1.29 is 9.63 Å². The molecule has 2 rings (SSSR count). The predicted molar refractivity (Wildman–Crippen MR) is 68.1 cm³/mol. The lowest BCUT2D eigenvalue weighted by Gasteiger charge is -2.00. The van der Waals surface area contributed by atoms with E-state index in [1.165, 1.54) is 0 Å². The molecule has 1 aromatic heterocycles. The SMILES string of the molecule is CCONC(=O)c1cc(-c2ccccc2Cl)n[nH]1. The molecule has 0 aliphatic rings. The average Bonchev–Trinajstić information content (AvgIpc) is 2.86. The van der Waals surface area contributed by atoms with Gasteiger partial charge < -0.3 is 0 Å². The molecule has 2 aromatic rings. The number of hydroxylamine groups is 1. The van der Waals surface area contributed by atoms with Crippen molar-refractivity contribution in [3.05, 3.63) is 41.0 Å². The number of carbonyl (C=O) groups is 1. The van der Waals surface area contributed by atoms with Crippen molar-refractivity contribution in [2.75, 3.05) is 6.61 Å². The summed E-state index contributed by atoms with van der Waals surface area (Å²) in [5.74, 6) is -0.373. The highest BCUT2D eigenvalue weighted by molar-refractivity contribution is 6.33. The first kappa shape index (κ1) is 12.6. The second-order valence-electron chi connectivity index (χ2n) is 3.51. The summed E-state index contributed by atoms with van der Waals surface area (Å²) in [6.07, 6.45) is 0. The van der Waals surface area contributed by atoms with Crippen LogP contribution in [-0.4, -0.2) is 22.7 Å². The second kappa shape index (κ2) is 5.66. The zero-order valence-corrected chi connectivity index (χ0v) is 10.5. The lowest BCUT2D eigenvalue weighted by atomic mass is 10.1. The topological polar surface area (TPSA) is 67.0 Å². The molecule has 0 fully saturated rings. The van der Waals surface area contributed by atoms with Crippen LogP contribution in [0.1, 0.15) is 17.4 Å². The molecule has 0 atom stereocenters. The number of aromatic amines is 1. The maximum absolute atomic E-state index is 11.6. The van der Waals surface area contributed by atoms with Crippen LogP contribution in [0.2, 0.25) is 5.02 Å². The van der Waals surface area contributed by atoms with E-state index in [4.69, 9.17) is 16.4 Å². The first-order valence-electron chi connectivity index (χ1n) is 5.44. The van der Waals surface area contributed by atoms with Gasteiger partial charge in [-0.05, 0) is 19.1 Å². The van der Waals surface area contributed by atoms with E-state index in [-0.39, 0.29) is 5.91 Å². The van der Waals surface area contributed by atoms with E-state index in [2.05, 4.69) is 15.7 Å². The van der Waals surface area contributed by atoms with Crippen LogP contribution in [-0.2, 0) is 4.84 Å². The molecule has 18 heavy (non-hydrogen) atoms. The Balaban J connectivity index is 2.21. The Morgan fingerprint density at radius 3 is 3.00 bits per heavy atom. The Bertz CT molecular complexity index is 554. The number of benzene rings is 1. The molecular formula is C12H12ClN3O2. The van der Waals surface area contributed by atoms with Gasteiger partial charge >= 0.3 is 0 Å². The van der Waals surface area contributed by atoms with Crippen LogP contribution in [0, 0.1) is 0 Å². The third kappa shape index (κ3) is 2.69. The first-order valence-corrected chi connectivity index (χ1v) is 5.82. The summed E-state index contributed by atoms with van der Waals surface area (Å²) >= 11 is 6.05. The molecule has 94 valence electrons. The normalized spacial score (nSPS) is 10.3. The molecule has 0 spiro atoms. The van der Waals surface area contributed by atoms with Gasteiger partial charge in [0, 0.05) is 5.56 Å². The van der Waals surface area contributed by atoms with Gasteiger partial charge in [-0.15, -0.1) is 0 Å². The number of carbonyl (C=O) groups excluding carboxylic acids is 1. The van der Waals surface area contributed by atoms with Crippen molar-refractivity contribution in [1.29, 1.82) is 0 Å². The van der Waals surface area contributed by atoms with Gasteiger partial charge in [0.15, 0.2) is 0 Å². The van der Waals surface area contributed by atoms with Gasteiger partial charge in [-0.1, -0.05) is 29.8 Å². The molecule has 0 saturated carbocycles. The fourth-order valence-corrected chi connectivity index (χ4v) is 1.67. The van der Waals surface area contributed by atoms with Gasteiger partial charge in [-0.2, -0.15) is 5.10 Å². The summed E-state index contributed by atoms with van der Waals surface area (Å²) < 4.78 is 0. The maximum Gasteiger partial charge on any atom is 0.292 e. The summed E-state index contributed by atoms with van der Waals surface area (Å²) in [4.78, 5) is 16.4. The van der Waals surface area contributed by atoms with Crippen LogP contribution in [0.5, 0.6) is 0 Å². The van der Waals surface area contributed by atoms with Crippen molar-refractivity contribution in [2.24, 2.45) is 0 Å². The third-order valence-corrected chi connectivity index (χ3v) is 2.61. The molecule has 0 bridgehead atoms. The number of nitrogens with zero attached hydrogens (tertiary/aromatic N) is 1. The van der Waals surface area contributed by atoms with Crippen LogP contribution in [0.3, 0.4) is 0 Å². The number of rotatable bonds is 4. The fourth-order valence-electron chi connectivity index (χ4n) is 1.44. The molecule has 5 nitrogen and oxygen atoms in total. The van der Waals surface area contributed by atoms with E-state index in [0.717, 1.165) is 5.56 Å². The largest absolute Gasteiger partial charge is 0.292 e. The number of H-pyrrole nitrogens is 1. The highest BCUT2D eigenvalue weighted by Gasteiger charge is 2.12. The number of aromatic nitrogens is 2. The molecule has 6 heteroatoms. The van der Waals surface area contributed by atoms with Gasteiger partial charge in [0.1, 0.15) is 5.69 Å². The monoisotopic (exact) mass is 265 g/mol. The second-order valence-corrected chi connectivity index (χ2v) is 3.92. The number of amides is 1. The standard InChI is InChI=1S/C12H12ClN3O2/c1-2-18-16-12(17)11-7-10(14-15-11)8-5-3-4-6-9(8)13/h3-7H,2H2,1H3,(H,14,15)(H,16,17). The lowest BCUT2D eigenvalue weighted by molar-refractivity contribution is 0.0360. The number of halogens is 1. The first-order chi connectivity index (χ1) is 8.72. The van der Waals surface area contributed by atoms with E-state index in [0.29, 0.717) is 23.0 Å². The lowest BCUT2D eigenvalue weighted by Crippen LogP contribution is -2.23. The highest BCUT2D eigenvalue weighted by atomic mass is 35.5. The third-order valence-electron chi connectivity index (χ3n) is 2.28. The summed E-state index contributed by atoms with van der Waals surface area (Å²) in [6.45, 7) is 2.18. The van der Waals surface area contributed by atoms with Crippen LogP contribution in [0.25, 0.3) is 11.3 Å². The van der Waals surface area contributed by atoms with E-state index in [1.54, 1.807) is 19.1 Å². The van der Waals surface area contributed by atoms with E-state index >= 15 is 0 Å².